The third-order valence-electron chi connectivity index (χ3n) is 3.54. The second-order valence-electron chi connectivity index (χ2n) is 4.87. The summed E-state index contributed by atoms with van der Waals surface area (Å²) in [5.74, 6) is 0.111. The third kappa shape index (κ3) is 2.25. The van der Waals surface area contributed by atoms with Crippen LogP contribution >= 0.6 is 23.2 Å². The second kappa shape index (κ2) is 5.45. The molecule has 4 N–H and O–H groups in total. The summed E-state index contributed by atoms with van der Waals surface area (Å²) in [4.78, 5) is 0. The van der Waals surface area contributed by atoms with E-state index in [1.54, 1.807) is 30.3 Å². The Labute approximate surface area is 137 Å². The molecule has 0 bridgehead atoms. The van der Waals surface area contributed by atoms with Crippen molar-refractivity contribution >= 4 is 28.9 Å². The summed E-state index contributed by atoms with van der Waals surface area (Å²) in [6.45, 7) is 0. The van der Waals surface area contributed by atoms with Crippen LogP contribution in [0.1, 0.15) is 17.0 Å². The molecule has 3 rings (SSSR count). The maximum Gasteiger partial charge on any atom is 0.205 e. The van der Waals surface area contributed by atoms with Crippen molar-refractivity contribution in [2.75, 3.05) is 5.73 Å². The van der Waals surface area contributed by atoms with E-state index in [1.807, 2.05) is 6.07 Å². The Bertz CT molecular complexity index is 840. The lowest BCUT2D eigenvalue weighted by Gasteiger charge is -2.27. The van der Waals surface area contributed by atoms with Crippen LogP contribution < -0.4 is 16.2 Å². The van der Waals surface area contributed by atoms with Crippen molar-refractivity contribution in [2.24, 2.45) is 5.73 Å². The number of rotatable bonds is 1. The monoisotopic (exact) mass is 331 g/mol. The summed E-state index contributed by atoms with van der Waals surface area (Å²) in [5, 5.41) is 10.3. The van der Waals surface area contributed by atoms with Gasteiger partial charge in [0.05, 0.1) is 16.0 Å². The highest BCUT2D eigenvalue weighted by molar-refractivity contribution is 6.42. The minimum absolute atomic E-state index is 0.0432. The fourth-order valence-electron chi connectivity index (χ4n) is 2.54. The molecule has 0 amide bonds. The first-order valence-electron chi connectivity index (χ1n) is 6.44. The fourth-order valence-corrected chi connectivity index (χ4v) is 2.95. The largest absolute Gasteiger partial charge is 0.440 e. The smallest absolute Gasteiger partial charge is 0.205 e. The Morgan fingerprint density at radius 3 is 2.59 bits per heavy atom. The van der Waals surface area contributed by atoms with Gasteiger partial charge in [-0.1, -0.05) is 41.4 Å². The molecule has 22 heavy (non-hydrogen) atoms. The molecule has 0 saturated carbocycles. The van der Waals surface area contributed by atoms with Crippen molar-refractivity contribution < 1.29 is 4.74 Å². The van der Waals surface area contributed by atoms with Crippen LogP contribution in [0.5, 0.6) is 5.75 Å². The number of nitriles is 1. The zero-order valence-electron chi connectivity index (χ0n) is 11.3. The predicted molar refractivity (Wildman–Crippen MR) is 86.6 cm³/mol. The number of fused-ring (bicyclic) bond motifs is 1. The molecule has 1 atom stereocenters. The molecule has 2 aromatic rings. The molecule has 2 aromatic carbocycles. The standard InChI is InChI=1S/C16H11Cl2N3O/c17-12-3-1-2-10(15(12)18)14-9-5-4-8(20)6-13(9)22-16(21)11(14)7-19/h1-6,14H,20-21H2/t14-/m0/s1. The maximum absolute atomic E-state index is 9.46. The normalized spacial score (nSPS) is 16.7. The lowest BCUT2D eigenvalue weighted by Crippen LogP contribution is -2.21. The fraction of sp³-hybridized carbons (Fsp3) is 0.0625. The quantitative estimate of drug-likeness (QED) is 0.778. The van der Waals surface area contributed by atoms with Crippen LogP contribution in [0.15, 0.2) is 47.9 Å². The first-order valence-corrected chi connectivity index (χ1v) is 7.19. The summed E-state index contributed by atoms with van der Waals surface area (Å²) in [7, 11) is 0. The highest BCUT2D eigenvalue weighted by atomic mass is 35.5. The minimum Gasteiger partial charge on any atom is -0.440 e. The van der Waals surface area contributed by atoms with E-state index < -0.39 is 5.92 Å². The average Bonchev–Trinajstić information content (AvgIpc) is 2.48. The van der Waals surface area contributed by atoms with Crippen LogP contribution in [-0.4, -0.2) is 0 Å². The van der Waals surface area contributed by atoms with Gasteiger partial charge in [0, 0.05) is 17.3 Å². The number of nitrogens with two attached hydrogens (primary N) is 2. The Balaban J connectivity index is 2.29. The van der Waals surface area contributed by atoms with Gasteiger partial charge < -0.3 is 16.2 Å². The predicted octanol–water partition coefficient (Wildman–Crippen LogP) is 3.79. The molecule has 110 valence electrons. The van der Waals surface area contributed by atoms with Crippen LogP contribution in [0.4, 0.5) is 5.69 Å². The number of allylic oxidation sites excluding steroid dienone is 1. The second-order valence-corrected chi connectivity index (χ2v) is 5.65. The van der Waals surface area contributed by atoms with Gasteiger partial charge in [0.25, 0.3) is 0 Å². The van der Waals surface area contributed by atoms with E-state index in [0.717, 1.165) is 5.56 Å². The summed E-state index contributed by atoms with van der Waals surface area (Å²) >= 11 is 12.4. The average molecular weight is 332 g/mol. The molecular weight excluding hydrogens is 321 g/mol. The highest BCUT2D eigenvalue weighted by Crippen LogP contribution is 2.45. The van der Waals surface area contributed by atoms with Gasteiger partial charge in [-0.05, 0) is 17.7 Å². The van der Waals surface area contributed by atoms with E-state index in [0.29, 0.717) is 32.6 Å². The van der Waals surface area contributed by atoms with Crippen LogP contribution in [0.25, 0.3) is 0 Å². The lowest BCUT2D eigenvalue weighted by atomic mass is 9.83. The first kappa shape index (κ1) is 14.6. The van der Waals surface area contributed by atoms with Crippen molar-refractivity contribution in [3.8, 4) is 11.8 Å². The summed E-state index contributed by atoms with van der Waals surface area (Å²) in [6.07, 6.45) is 0. The van der Waals surface area contributed by atoms with E-state index >= 15 is 0 Å². The lowest BCUT2D eigenvalue weighted by molar-refractivity contribution is 0.394. The van der Waals surface area contributed by atoms with Crippen molar-refractivity contribution in [1.29, 1.82) is 5.26 Å². The summed E-state index contributed by atoms with van der Waals surface area (Å²) in [5.41, 5.74) is 14.0. The van der Waals surface area contributed by atoms with Gasteiger partial charge in [-0.15, -0.1) is 0 Å². The number of hydrogen-bond donors (Lipinski definition) is 2. The number of benzene rings is 2. The molecule has 0 fully saturated rings. The maximum atomic E-state index is 9.46. The molecule has 1 aliphatic rings. The minimum atomic E-state index is -0.444. The Morgan fingerprint density at radius 1 is 1.09 bits per heavy atom. The Hall–Kier alpha value is -2.35. The molecule has 4 nitrogen and oxygen atoms in total. The molecule has 0 radical (unpaired) electrons. The molecule has 0 spiro atoms. The first-order chi connectivity index (χ1) is 10.5. The molecule has 6 heteroatoms. The molecule has 1 aliphatic heterocycles. The molecule has 0 aliphatic carbocycles. The van der Waals surface area contributed by atoms with Crippen LogP contribution in [0, 0.1) is 11.3 Å². The van der Waals surface area contributed by atoms with Gasteiger partial charge in [-0.25, -0.2) is 0 Å². The number of halogens is 2. The van der Waals surface area contributed by atoms with Crippen molar-refractivity contribution in [3.63, 3.8) is 0 Å². The summed E-state index contributed by atoms with van der Waals surface area (Å²) in [6, 6.07) is 12.6. The third-order valence-corrected chi connectivity index (χ3v) is 4.37. The van der Waals surface area contributed by atoms with Gasteiger partial charge >= 0.3 is 0 Å². The molecular formula is C16H11Cl2N3O. The molecule has 0 unspecified atom stereocenters. The van der Waals surface area contributed by atoms with E-state index in [9.17, 15) is 5.26 Å². The van der Waals surface area contributed by atoms with Crippen LogP contribution in [0.3, 0.4) is 0 Å². The number of nitrogens with zero attached hydrogens (tertiary/aromatic N) is 1. The Kier molecular flexibility index (Phi) is 3.61. The molecule has 1 heterocycles. The number of hydrogen-bond acceptors (Lipinski definition) is 4. The zero-order chi connectivity index (χ0) is 15.9. The molecule has 0 saturated heterocycles. The summed E-state index contributed by atoms with van der Waals surface area (Å²) < 4.78 is 5.52. The van der Waals surface area contributed by atoms with Crippen molar-refractivity contribution in [3.05, 3.63) is 69.0 Å². The van der Waals surface area contributed by atoms with E-state index in [2.05, 4.69) is 6.07 Å². The van der Waals surface area contributed by atoms with Crippen LogP contribution in [0.2, 0.25) is 10.0 Å². The molecule has 0 aromatic heterocycles. The highest BCUT2D eigenvalue weighted by Gasteiger charge is 2.32. The Morgan fingerprint density at radius 2 is 1.86 bits per heavy atom. The SMILES string of the molecule is N#CC1=C(N)Oc2cc(N)ccc2[C@H]1c1cccc(Cl)c1Cl. The van der Waals surface area contributed by atoms with Gasteiger partial charge in [0.2, 0.25) is 5.88 Å². The van der Waals surface area contributed by atoms with Gasteiger partial charge in [-0.2, -0.15) is 5.26 Å². The van der Waals surface area contributed by atoms with E-state index in [4.69, 9.17) is 39.4 Å². The number of ether oxygens (including phenoxy) is 1. The number of nitrogen functional groups attached to an aromatic ring is 1. The van der Waals surface area contributed by atoms with E-state index in [-0.39, 0.29) is 5.88 Å². The number of anilines is 1. The zero-order valence-corrected chi connectivity index (χ0v) is 12.8. The van der Waals surface area contributed by atoms with Gasteiger partial charge in [0.1, 0.15) is 17.4 Å². The topological polar surface area (TPSA) is 85.1 Å². The van der Waals surface area contributed by atoms with Gasteiger partial charge in [0.15, 0.2) is 0 Å². The van der Waals surface area contributed by atoms with Crippen molar-refractivity contribution in [2.45, 2.75) is 5.92 Å². The van der Waals surface area contributed by atoms with Crippen molar-refractivity contribution in [1.82, 2.24) is 0 Å². The van der Waals surface area contributed by atoms with E-state index in [1.165, 1.54) is 0 Å². The van der Waals surface area contributed by atoms with Gasteiger partial charge in [-0.3, -0.25) is 0 Å². The van der Waals surface area contributed by atoms with Crippen LogP contribution in [-0.2, 0) is 0 Å².